The number of hydrogen-bond donors (Lipinski definition) is 2. The fraction of sp³-hybridized carbons (Fsp3) is 0.0833. The molecule has 0 saturated heterocycles. The van der Waals surface area contributed by atoms with Gasteiger partial charge < -0.3 is 5.73 Å². The summed E-state index contributed by atoms with van der Waals surface area (Å²) >= 11 is 5.99. The second-order valence-electron chi connectivity index (χ2n) is 4.00. The van der Waals surface area contributed by atoms with Crippen molar-refractivity contribution in [2.45, 2.75) is 11.8 Å². The number of pyridine rings is 1. The Morgan fingerprint density at radius 3 is 2.68 bits per heavy atom. The van der Waals surface area contributed by atoms with Crippen LogP contribution < -0.4 is 10.5 Å². The van der Waals surface area contributed by atoms with Crippen molar-refractivity contribution in [3.05, 3.63) is 47.2 Å². The third-order valence-corrected chi connectivity index (χ3v) is 4.20. The van der Waals surface area contributed by atoms with Crippen molar-refractivity contribution in [3.8, 4) is 0 Å². The maximum Gasteiger partial charge on any atom is 0.265 e. The first-order chi connectivity index (χ1) is 8.90. The molecule has 3 N–H and O–H groups in total. The van der Waals surface area contributed by atoms with E-state index in [-0.39, 0.29) is 10.6 Å². The van der Waals surface area contributed by atoms with Crippen molar-refractivity contribution in [3.63, 3.8) is 0 Å². The van der Waals surface area contributed by atoms with Crippen LogP contribution in [0.25, 0.3) is 0 Å². The lowest BCUT2D eigenvalue weighted by Crippen LogP contribution is -2.15. The number of rotatable bonds is 3. The molecular weight excluding hydrogens is 286 g/mol. The van der Waals surface area contributed by atoms with Gasteiger partial charge in [-0.15, -0.1) is 0 Å². The lowest BCUT2D eigenvalue weighted by Gasteiger charge is -2.11. The molecule has 2 rings (SSSR count). The Hall–Kier alpha value is -1.79. The number of nitrogens with two attached hydrogens (primary N) is 1. The van der Waals surface area contributed by atoms with E-state index < -0.39 is 10.0 Å². The Kier molecular flexibility index (Phi) is 3.64. The lowest BCUT2D eigenvalue weighted by molar-refractivity contribution is 0.601. The van der Waals surface area contributed by atoms with Gasteiger partial charge in [-0.3, -0.25) is 9.71 Å². The van der Waals surface area contributed by atoms with Crippen LogP contribution in [-0.4, -0.2) is 13.4 Å². The van der Waals surface area contributed by atoms with Gasteiger partial charge in [0.15, 0.2) is 0 Å². The Morgan fingerprint density at radius 1 is 1.32 bits per heavy atom. The zero-order valence-electron chi connectivity index (χ0n) is 10.1. The minimum atomic E-state index is -3.80. The summed E-state index contributed by atoms with van der Waals surface area (Å²) in [6.07, 6.45) is 2.62. The van der Waals surface area contributed by atoms with Crippen LogP contribution in [0, 0.1) is 6.92 Å². The third-order valence-electron chi connectivity index (χ3n) is 2.47. The summed E-state index contributed by atoms with van der Waals surface area (Å²) in [6, 6.07) is 6.45. The SMILES string of the molecule is Cc1ccc(NS(=O)(=O)c2cnccc2N)c(Cl)c1. The average Bonchev–Trinajstić information content (AvgIpc) is 2.33. The van der Waals surface area contributed by atoms with Crippen molar-refractivity contribution >= 4 is 33.0 Å². The number of nitrogens with zero attached hydrogens (tertiary/aromatic N) is 1. The molecule has 0 aliphatic heterocycles. The van der Waals surface area contributed by atoms with E-state index in [9.17, 15) is 8.42 Å². The van der Waals surface area contributed by atoms with Gasteiger partial charge >= 0.3 is 0 Å². The van der Waals surface area contributed by atoms with E-state index in [0.29, 0.717) is 10.7 Å². The lowest BCUT2D eigenvalue weighted by atomic mass is 10.2. The number of aromatic nitrogens is 1. The number of benzene rings is 1. The number of hydrogen-bond acceptors (Lipinski definition) is 4. The molecule has 0 aliphatic carbocycles. The van der Waals surface area contributed by atoms with E-state index >= 15 is 0 Å². The van der Waals surface area contributed by atoms with Gasteiger partial charge in [0.1, 0.15) is 4.90 Å². The van der Waals surface area contributed by atoms with Crippen LogP contribution in [0.4, 0.5) is 11.4 Å². The Bertz CT molecular complexity index is 717. The molecule has 0 amide bonds. The van der Waals surface area contributed by atoms with E-state index in [0.717, 1.165) is 5.56 Å². The minimum absolute atomic E-state index is 0.0772. The monoisotopic (exact) mass is 297 g/mol. The van der Waals surface area contributed by atoms with Gasteiger partial charge in [0.05, 0.1) is 16.4 Å². The van der Waals surface area contributed by atoms with Crippen molar-refractivity contribution in [1.82, 2.24) is 4.98 Å². The molecule has 5 nitrogen and oxygen atoms in total. The molecule has 1 aromatic heterocycles. The second-order valence-corrected chi connectivity index (χ2v) is 6.06. The summed E-state index contributed by atoms with van der Waals surface area (Å²) in [6.45, 7) is 1.86. The Balaban J connectivity index is 2.40. The normalized spacial score (nSPS) is 11.3. The predicted octanol–water partition coefficient (Wildman–Crippen LogP) is 2.43. The molecule has 1 heterocycles. The van der Waals surface area contributed by atoms with Gasteiger partial charge in [-0.1, -0.05) is 17.7 Å². The Labute approximate surface area is 116 Å². The van der Waals surface area contributed by atoms with Crippen LogP contribution in [0.1, 0.15) is 5.56 Å². The molecule has 2 aromatic rings. The molecule has 0 unspecified atom stereocenters. The smallest absolute Gasteiger partial charge is 0.265 e. The van der Waals surface area contributed by atoms with Gasteiger partial charge in [-0.25, -0.2) is 8.42 Å². The number of nitrogens with one attached hydrogen (secondary N) is 1. The molecule has 0 saturated carbocycles. The van der Waals surface area contributed by atoms with Crippen LogP contribution in [0.15, 0.2) is 41.6 Å². The quantitative estimate of drug-likeness (QED) is 0.911. The summed E-state index contributed by atoms with van der Waals surface area (Å²) in [5.41, 5.74) is 7.00. The van der Waals surface area contributed by atoms with E-state index in [1.165, 1.54) is 18.5 Å². The average molecular weight is 298 g/mol. The first kappa shape index (κ1) is 13.6. The van der Waals surface area contributed by atoms with Crippen molar-refractivity contribution in [2.75, 3.05) is 10.5 Å². The minimum Gasteiger partial charge on any atom is -0.398 e. The number of halogens is 1. The van der Waals surface area contributed by atoms with Crippen molar-refractivity contribution < 1.29 is 8.42 Å². The van der Waals surface area contributed by atoms with Gasteiger partial charge in [0.25, 0.3) is 10.0 Å². The Morgan fingerprint density at radius 2 is 2.05 bits per heavy atom. The van der Waals surface area contributed by atoms with Crippen molar-refractivity contribution in [1.29, 1.82) is 0 Å². The zero-order chi connectivity index (χ0) is 14.0. The van der Waals surface area contributed by atoms with Crippen LogP contribution in [0.2, 0.25) is 5.02 Å². The number of aryl methyl sites for hydroxylation is 1. The molecule has 1 aromatic carbocycles. The standard InChI is InChI=1S/C12H12ClN3O2S/c1-8-2-3-11(9(13)6-8)16-19(17,18)12-7-15-5-4-10(12)14/h2-7,16H,1H3,(H2,14,15). The molecule has 0 bridgehead atoms. The first-order valence-corrected chi connectivity index (χ1v) is 7.25. The van der Waals surface area contributed by atoms with E-state index in [1.54, 1.807) is 18.2 Å². The number of sulfonamides is 1. The van der Waals surface area contributed by atoms with Crippen LogP contribution >= 0.6 is 11.6 Å². The topological polar surface area (TPSA) is 85.1 Å². The highest BCUT2D eigenvalue weighted by molar-refractivity contribution is 7.92. The fourth-order valence-corrected chi connectivity index (χ4v) is 3.01. The summed E-state index contributed by atoms with van der Waals surface area (Å²) in [7, 11) is -3.80. The molecule has 0 fully saturated rings. The van der Waals surface area contributed by atoms with E-state index in [2.05, 4.69) is 9.71 Å². The van der Waals surface area contributed by atoms with Crippen LogP contribution in [0.5, 0.6) is 0 Å². The summed E-state index contributed by atoms with van der Waals surface area (Å²) < 4.78 is 26.7. The highest BCUT2D eigenvalue weighted by atomic mass is 35.5. The van der Waals surface area contributed by atoms with Gasteiger partial charge in [0.2, 0.25) is 0 Å². The molecule has 0 atom stereocenters. The van der Waals surface area contributed by atoms with Gasteiger partial charge in [0, 0.05) is 12.4 Å². The number of nitrogen functional groups attached to an aromatic ring is 1. The second kappa shape index (κ2) is 5.07. The largest absolute Gasteiger partial charge is 0.398 e. The summed E-state index contributed by atoms with van der Waals surface area (Å²) in [4.78, 5) is 3.68. The van der Waals surface area contributed by atoms with Gasteiger partial charge in [-0.2, -0.15) is 0 Å². The van der Waals surface area contributed by atoms with Crippen molar-refractivity contribution in [2.24, 2.45) is 0 Å². The van der Waals surface area contributed by atoms with Crippen LogP contribution in [-0.2, 0) is 10.0 Å². The molecule has 0 aliphatic rings. The fourth-order valence-electron chi connectivity index (χ4n) is 1.52. The molecule has 19 heavy (non-hydrogen) atoms. The number of anilines is 2. The first-order valence-electron chi connectivity index (χ1n) is 5.38. The molecule has 7 heteroatoms. The molecule has 0 spiro atoms. The van der Waals surface area contributed by atoms with Crippen LogP contribution in [0.3, 0.4) is 0 Å². The zero-order valence-corrected chi connectivity index (χ0v) is 11.7. The summed E-state index contributed by atoms with van der Waals surface area (Å²) in [5, 5.41) is 0.325. The van der Waals surface area contributed by atoms with E-state index in [4.69, 9.17) is 17.3 Å². The summed E-state index contributed by atoms with van der Waals surface area (Å²) in [5.74, 6) is 0. The maximum atomic E-state index is 12.2. The molecule has 0 radical (unpaired) electrons. The highest BCUT2D eigenvalue weighted by Gasteiger charge is 2.18. The highest BCUT2D eigenvalue weighted by Crippen LogP contribution is 2.26. The third kappa shape index (κ3) is 2.97. The maximum absolute atomic E-state index is 12.2. The molecule has 100 valence electrons. The van der Waals surface area contributed by atoms with E-state index in [1.807, 2.05) is 6.92 Å². The predicted molar refractivity (Wildman–Crippen MR) is 75.6 cm³/mol. The molecular formula is C12H12ClN3O2S. The van der Waals surface area contributed by atoms with Gasteiger partial charge in [-0.05, 0) is 30.7 Å².